The summed E-state index contributed by atoms with van der Waals surface area (Å²) in [7, 11) is -1.84. The van der Waals surface area contributed by atoms with Crippen LogP contribution in [0.5, 0.6) is 0 Å². The van der Waals surface area contributed by atoms with E-state index in [9.17, 15) is 0 Å². The Kier molecular flexibility index (Phi) is 5.67. The zero-order chi connectivity index (χ0) is 14.5. The predicted molar refractivity (Wildman–Crippen MR) is 80.3 cm³/mol. The third kappa shape index (κ3) is 4.69. The van der Waals surface area contributed by atoms with E-state index in [1.807, 2.05) is 12.1 Å². The first kappa shape index (κ1) is 16.3. The molecule has 0 amide bonds. The van der Waals surface area contributed by atoms with Gasteiger partial charge in [0.2, 0.25) is 0 Å². The van der Waals surface area contributed by atoms with Crippen molar-refractivity contribution in [3.63, 3.8) is 0 Å². The highest BCUT2D eigenvalue weighted by Gasteiger charge is 2.39. The molecule has 0 aliphatic heterocycles. The third-order valence-corrected chi connectivity index (χ3v) is 8.25. The molecule has 19 heavy (non-hydrogen) atoms. The molecule has 0 bridgehead atoms. The van der Waals surface area contributed by atoms with Crippen molar-refractivity contribution in [2.24, 2.45) is 0 Å². The molecule has 1 heterocycles. The maximum absolute atomic E-state index is 8.95. The number of hydrogen-bond acceptors (Lipinski definition) is 4. The van der Waals surface area contributed by atoms with Crippen LogP contribution in [0.2, 0.25) is 18.1 Å². The van der Waals surface area contributed by atoms with E-state index in [-0.39, 0.29) is 17.9 Å². The fraction of sp³-hybridized carbons (Fsp3) is 0.643. The maximum atomic E-state index is 8.95. The van der Waals surface area contributed by atoms with E-state index in [1.165, 1.54) is 0 Å². The van der Waals surface area contributed by atoms with Crippen LogP contribution >= 0.6 is 0 Å². The van der Waals surface area contributed by atoms with Gasteiger partial charge >= 0.3 is 0 Å². The Morgan fingerprint density at radius 2 is 1.89 bits per heavy atom. The fourth-order valence-electron chi connectivity index (χ4n) is 1.53. The van der Waals surface area contributed by atoms with Crippen molar-refractivity contribution < 1.29 is 9.53 Å². The quantitative estimate of drug-likeness (QED) is 0.622. The Hall–Kier alpha value is -0.753. The fourth-order valence-corrected chi connectivity index (χ4v) is 2.82. The van der Waals surface area contributed by atoms with Crippen LogP contribution < -0.4 is 5.32 Å². The Morgan fingerprint density at radius 1 is 1.32 bits per heavy atom. The molecule has 0 radical (unpaired) electrons. The lowest BCUT2D eigenvalue weighted by molar-refractivity contribution is 0.161. The molecule has 0 aliphatic carbocycles. The van der Waals surface area contributed by atoms with Crippen LogP contribution in [0.25, 0.3) is 0 Å². The molecular weight excluding hydrogens is 256 g/mol. The summed E-state index contributed by atoms with van der Waals surface area (Å²) in [5.41, 5.74) is 1.10. The standard InChI is InChI=1S/C14H26N2O2Si/c1-14(2,3)19(4,5)18-13(10-16-11-17)12-6-8-15-9-7-12/h6-9,13,16-17H,10-11H2,1-5H3. The Bertz CT molecular complexity index is 377. The lowest BCUT2D eigenvalue weighted by atomic mass is 10.1. The molecular formula is C14H26N2O2Si. The summed E-state index contributed by atoms with van der Waals surface area (Å²) in [5, 5.41) is 12.1. The number of hydrogen-bond donors (Lipinski definition) is 2. The average molecular weight is 282 g/mol. The van der Waals surface area contributed by atoms with E-state index < -0.39 is 8.32 Å². The Morgan fingerprint density at radius 3 is 2.37 bits per heavy atom. The number of nitrogens with one attached hydrogen (secondary N) is 1. The van der Waals surface area contributed by atoms with E-state index >= 15 is 0 Å². The summed E-state index contributed by atoms with van der Waals surface area (Å²) in [6, 6.07) is 3.94. The Balaban J connectivity index is 2.87. The van der Waals surface area contributed by atoms with Crippen molar-refractivity contribution in [2.75, 3.05) is 13.3 Å². The van der Waals surface area contributed by atoms with E-state index in [0.29, 0.717) is 6.54 Å². The summed E-state index contributed by atoms with van der Waals surface area (Å²) < 4.78 is 6.43. The van der Waals surface area contributed by atoms with Gasteiger partial charge in [0.1, 0.15) is 0 Å². The lowest BCUT2D eigenvalue weighted by Gasteiger charge is -2.39. The first-order chi connectivity index (χ1) is 8.78. The molecule has 0 fully saturated rings. The van der Waals surface area contributed by atoms with Crippen molar-refractivity contribution in [2.45, 2.75) is 45.0 Å². The molecule has 4 nitrogen and oxygen atoms in total. The molecule has 0 spiro atoms. The molecule has 0 saturated carbocycles. The molecule has 2 N–H and O–H groups in total. The number of aliphatic hydroxyl groups excluding tert-OH is 1. The van der Waals surface area contributed by atoms with Gasteiger partial charge in [-0.2, -0.15) is 0 Å². The number of pyridine rings is 1. The normalized spacial score (nSPS) is 14.4. The molecule has 0 saturated heterocycles. The molecule has 1 aromatic heterocycles. The third-order valence-electron chi connectivity index (χ3n) is 3.76. The Labute approximate surface area is 117 Å². The summed E-state index contributed by atoms with van der Waals surface area (Å²) in [6.45, 7) is 11.7. The van der Waals surface area contributed by atoms with Crippen LogP contribution in [0.15, 0.2) is 24.5 Å². The van der Waals surface area contributed by atoms with E-state index in [0.717, 1.165) is 5.56 Å². The molecule has 1 atom stereocenters. The highest BCUT2D eigenvalue weighted by atomic mass is 28.4. The maximum Gasteiger partial charge on any atom is 0.192 e. The summed E-state index contributed by atoms with van der Waals surface area (Å²) in [5.74, 6) is 0. The molecule has 0 aromatic carbocycles. The van der Waals surface area contributed by atoms with Crippen molar-refractivity contribution in [1.29, 1.82) is 0 Å². The first-order valence-electron chi connectivity index (χ1n) is 6.67. The molecule has 1 aromatic rings. The lowest BCUT2D eigenvalue weighted by Crippen LogP contribution is -2.43. The topological polar surface area (TPSA) is 54.4 Å². The SMILES string of the molecule is CC(C)(C)[Si](C)(C)OC(CNCO)c1ccncc1. The van der Waals surface area contributed by atoms with Crippen molar-refractivity contribution in [3.8, 4) is 0 Å². The van der Waals surface area contributed by atoms with Gasteiger partial charge in [0.05, 0.1) is 12.8 Å². The number of aliphatic hydroxyl groups is 1. The van der Waals surface area contributed by atoms with Gasteiger partial charge in [0, 0.05) is 18.9 Å². The van der Waals surface area contributed by atoms with Gasteiger partial charge in [0.25, 0.3) is 0 Å². The van der Waals surface area contributed by atoms with Crippen LogP contribution in [-0.2, 0) is 4.43 Å². The van der Waals surface area contributed by atoms with Crippen molar-refractivity contribution in [1.82, 2.24) is 10.3 Å². The highest BCUT2D eigenvalue weighted by Crippen LogP contribution is 2.39. The van der Waals surface area contributed by atoms with Gasteiger partial charge in [-0.25, -0.2) is 0 Å². The highest BCUT2D eigenvalue weighted by molar-refractivity contribution is 6.74. The molecule has 108 valence electrons. The monoisotopic (exact) mass is 282 g/mol. The summed E-state index contributed by atoms with van der Waals surface area (Å²) >= 11 is 0. The molecule has 1 unspecified atom stereocenters. The van der Waals surface area contributed by atoms with Crippen LogP contribution in [-0.4, -0.2) is 31.7 Å². The largest absolute Gasteiger partial charge is 0.409 e. The van der Waals surface area contributed by atoms with Crippen LogP contribution in [0.4, 0.5) is 0 Å². The summed E-state index contributed by atoms with van der Waals surface area (Å²) in [4.78, 5) is 4.04. The smallest absolute Gasteiger partial charge is 0.192 e. The van der Waals surface area contributed by atoms with Crippen LogP contribution in [0, 0.1) is 0 Å². The van der Waals surface area contributed by atoms with E-state index in [1.54, 1.807) is 12.4 Å². The van der Waals surface area contributed by atoms with Crippen molar-refractivity contribution >= 4 is 8.32 Å². The second-order valence-electron chi connectivity index (χ2n) is 6.26. The predicted octanol–water partition coefficient (Wildman–Crippen LogP) is 2.68. The second kappa shape index (κ2) is 6.61. The number of rotatable bonds is 6. The number of nitrogens with zero attached hydrogens (tertiary/aromatic N) is 1. The van der Waals surface area contributed by atoms with E-state index in [2.05, 4.69) is 44.2 Å². The van der Waals surface area contributed by atoms with Crippen LogP contribution in [0.3, 0.4) is 0 Å². The van der Waals surface area contributed by atoms with Gasteiger partial charge in [-0.3, -0.25) is 10.3 Å². The zero-order valence-corrected chi connectivity index (χ0v) is 13.6. The van der Waals surface area contributed by atoms with Crippen LogP contribution in [0.1, 0.15) is 32.4 Å². The number of aromatic nitrogens is 1. The minimum Gasteiger partial charge on any atom is -0.409 e. The summed E-state index contributed by atoms with van der Waals surface area (Å²) in [6.07, 6.45) is 3.50. The van der Waals surface area contributed by atoms with Gasteiger partial charge in [0.15, 0.2) is 8.32 Å². The molecule has 0 aliphatic rings. The van der Waals surface area contributed by atoms with Gasteiger partial charge in [-0.1, -0.05) is 20.8 Å². The molecule has 1 rings (SSSR count). The minimum absolute atomic E-state index is 0.0392. The van der Waals surface area contributed by atoms with Gasteiger partial charge < -0.3 is 9.53 Å². The van der Waals surface area contributed by atoms with Crippen molar-refractivity contribution in [3.05, 3.63) is 30.1 Å². The average Bonchev–Trinajstić information content (AvgIpc) is 2.34. The first-order valence-corrected chi connectivity index (χ1v) is 9.58. The minimum atomic E-state index is -1.84. The van der Waals surface area contributed by atoms with E-state index in [4.69, 9.17) is 9.53 Å². The zero-order valence-electron chi connectivity index (χ0n) is 12.6. The van der Waals surface area contributed by atoms with Gasteiger partial charge in [-0.15, -0.1) is 0 Å². The van der Waals surface area contributed by atoms with Gasteiger partial charge in [-0.05, 0) is 35.8 Å². The second-order valence-corrected chi connectivity index (χ2v) is 11.0. The molecule has 5 heteroatoms.